The lowest BCUT2D eigenvalue weighted by Gasteiger charge is -2.29. The van der Waals surface area contributed by atoms with Gasteiger partial charge in [0.1, 0.15) is 0 Å². The summed E-state index contributed by atoms with van der Waals surface area (Å²) in [5, 5.41) is 15.9. The number of guanidine groups is 1. The summed E-state index contributed by atoms with van der Waals surface area (Å²) in [6.07, 6.45) is 6.63. The summed E-state index contributed by atoms with van der Waals surface area (Å²) in [6, 6.07) is 0. The second-order valence-electron chi connectivity index (χ2n) is 5.51. The van der Waals surface area contributed by atoms with Crippen LogP contribution in [0, 0.1) is 5.41 Å². The van der Waals surface area contributed by atoms with Gasteiger partial charge in [-0.3, -0.25) is 4.99 Å². The number of aliphatic hydroxyl groups excluding tert-OH is 1. The van der Waals surface area contributed by atoms with Crippen LogP contribution in [0.5, 0.6) is 0 Å². The fourth-order valence-corrected chi connectivity index (χ4v) is 2.31. The Morgan fingerprint density at radius 2 is 1.71 bits per heavy atom. The molecule has 21 heavy (non-hydrogen) atoms. The van der Waals surface area contributed by atoms with E-state index in [1.54, 1.807) is 0 Å². The third-order valence-electron chi connectivity index (χ3n) is 4.13. The van der Waals surface area contributed by atoms with E-state index in [0.29, 0.717) is 0 Å². The highest BCUT2D eigenvalue weighted by Gasteiger charge is 2.25. The first kappa shape index (κ1) is 23.2. The van der Waals surface area contributed by atoms with Gasteiger partial charge in [0.2, 0.25) is 0 Å². The van der Waals surface area contributed by atoms with Crippen molar-refractivity contribution in [1.82, 2.24) is 10.6 Å². The average molecular weight is 413 g/mol. The Morgan fingerprint density at radius 3 is 2.19 bits per heavy atom. The summed E-state index contributed by atoms with van der Waals surface area (Å²) < 4.78 is 0. The Balaban J connectivity index is 0. The number of aliphatic hydroxyl groups is 1. The average Bonchev–Trinajstić information content (AvgIpc) is 2.47. The maximum atomic E-state index is 9.25. The van der Waals surface area contributed by atoms with Crippen LogP contribution in [0.15, 0.2) is 4.99 Å². The molecule has 5 heteroatoms. The number of aliphatic imine (C=N–C) groups is 1. The molecule has 4 nitrogen and oxygen atoms in total. The number of nitrogens with one attached hydrogen (secondary N) is 2. The molecule has 0 unspecified atom stereocenters. The highest BCUT2D eigenvalue weighted by Crippen LogP contribution is 2.30. The molecule has 0 bridgehead atoms. The maximum absolute atomic E-state index is 9.25. The molecule has 0 aliphatic rings. The monoisotopic (exact) mass is 413 g/mol. The van der Waals surface area contributed by atoms with Crippen molar-refractivity contribution in [2.45, 2.75) is 66.2 Å². The fourth-order valence-electron chi connectivity index (χ4n) is 2.31. The molecule has 0 radical (unpaired) electrons. The third kappa shape index (κ3) is 10.3. The van der Waals surface area contributed by atoms with E-state index in [4.69, 9.17) is 4.99 Å². The predicted octanol–water partition coefficient (Wildman–Crippen LogP) is 3.54. The Labute approximate surface area is 148 Å². The molecule has 3 N–H and O–H groups in total. The van der Waals surface area contributed by atoms with Gasteiger partial charge in [0.05, 0.1) is 0 Å². The summed E-state index contributed by atoms with van der Waals surface area (Å²) in [7, 11) is 0. The van der Waals surface area contributed by atoms with Gasteiger partial charge in [0.25, 0.3) is 0 Å². The minimum atomic E-state index is 0. The molecule has 0 saturated heterocycles. The lowest BCUT2D eigenvalue weighted by atomic mass is 9.79. The van der Waals surface area contributed by atoms with E-state index in [2.05, 4.69) is 38.3 Å². The minimum Gasteiger partial charge on any atom is -0.396 e. The fraction of sp³-hybridized carbons (Fsp3) is 0.938. The van der Waals surface area contributed by atoms with Crippen molar-refractivity contribution in [1.29, 1.82) is 0 Å². The number of unbranched alkanes of at least 4 members (excludes halogenated alkanes) is 2. The maximum Gasteiger partial charge on any atom is 0.191 e. The Hall–Kier alpha value is -0.0400. The van der Waals surface area contributed by atoms with E-state index in [1.165, 1.54) is 19.3 Å². The van der Waals surface area contributed by atoms with E-state index in [9.17, 15) is 5.11 Å². The number of halogens is 1. The second kappa shape index (κ2) is 14.9. The lowest BCUT2D eigenvalue weighted by Crippen LogP contribution is -2.39. The normalized spacial score (nSPS) is 12.0. The van der Waals surface area contributed by atoms with Crippen LogP contribution in [0.4, 0.5) is 0 Å². The highest BCUT2D eigenvalue weighted by atomic mass is 127. The zero-order valence-corrected chi connectivity index (χ0v) is 16.7. The van der Waals surface area contributed by atoms with Crippen molar-refractivity contribution in [2.24, 2.45) is 10.4 Å². The number of rotatable bonds is 11. The first-order chi connectivity index (χ1) is 9.67. The van der Waals surface area contributed by atoms with Gasteiger partial charge in [-0.1, -0.05) is 33.6 Å². The van der Waals surface area contributed by atoms with Crippen LogP contribution in [-0.2, 0) is 0 Å². The minimum absolute atomic E-state index is 0. The molecule has 0 spiro atoms. The van der Waals surface area contributed by atoms with Gasteiger partial charge in [0.15, 0.2) is 5.96 Å². The molecule has 0 saturated carbocycles. The molecule has 0 atom stereocenters. The van der Waals surface area contributed by atoms with Gasteiger partial charge in [-0.15, -0.1) is 24.0 Å². The quantitative estimate of drug-likeness (QED) is 0.210. The van der Waals surface area contributed by atoms with Crippen LogP contribution < -0.4 is 10.6 Å². The molecule has 128 valence electrons. The molecule has 0 rings (SSSR count). The molecule has 0 aromatic heterocycles. The molecular weight excluding hydrogens is 377 g/mol. The first-order valence-corrected chi connectivity index (χ1v) is 8.31. The summed E-state index contributed by atoms with van der Waals surface area (Å²) >= 11 is 0. The Morgan fingerprint density at radius 1 is 1.05 bits per heavy atom. The zero-order chi connectivity index (χ0) is 15.3. The van der Waals surface area contributed by atoms with Crippen molar-refractivity contribution in [3.05, 3.63) is 0 Å². The second-order valence-corrected chi connectivity index (χ2v) is 5.51. The van der Waals surface area contributed by atoms with Crippen molar-refractivity contribution in [3.63, 3.8) is 0 Å². The standard InChI is InChI=1S/C16H35N3O.HI/c1-5-9-10-12-18-15(17-8-4)19-14-16(6-2,7-3)11-13-20;/h20H,5-14H2,1-4H3,(H2,17,18,19);1H. The van der Waals surface area contributed by atoms with E-state index in [1.807, 2.05) is 0 Å². The molecule has 0 aromatic carbocycles. The van der Waals surface area contributed by atoms with Gasteiger partial charge in [-0.2, -0.15) is 0 Å². The third-order valence-corrected chi connectivity index (χ3v) is 4.13. The predicted molar refractivity (Wildman–Crippen MR) is 104 cm³/mol. The van der Waals surface area contributed by atoms with Crippen LogP contribution in [0.25, 0.3) is 0 Å². The van der Waals surface area contributed by atoms with Gasteiger partial charge in [-0.25, -0.2) is 0 Å². The lowest BCUT2D eigenvalue weighted by molar-refractivity contribution is 0.175. The van der Waals surface area contributed by atoms with Crippen LogP contribution in [0.1, 0.15) is 66.2 Å². The Bertz CT molecular complexity index is 256. The molecule has 0 aromatic rings. The topological polar surface area (TPSA) is 56.7 Å². The van der Waals surface area contributed by atoms with E-state index in [-0.39, 0.29) is 36.0 Å². The molecule has 0 fully saturated rings. The number of nitrogens with zero attached hydrogens (tertiary/aromatic N) is 1. The van der Waals surface area contributed by atoms with Gasteiger partial charge < -0.3 is 15.7 Å². The van der Waals surface area contributed by atoms with Gasteiger partial charge >= 0.3 is 0 Å². The first-order valence-electron chi connectivity index (χ1n) is 8.31. The zero-order valence-electron chi connectivity index (χ0n) is 14.4. The molecule has 0 amide bonds. The largest absolute Gasteiger partial charge is 0.396 e. The van der Waals surface area contributed by atoms with Crippen molar-refractivity contribution in [3.8, 4) is 0 Å². The number of hydrogen-bond donors (Lipinski definition) is 3. The molecule has 0 aliphatic heterocycles. The molecule has 0 aliphatic carbocycles. The summed E-state index contributed by atoms with van der Waals surface area (Å²) in [5.41, 5.74) is 0.139. The van der Waals surface area contributed by atoms with Crippen LogP contribution in [0.3, 0.4) is 0 Å². The van der Waals surface area contributed by atoms with Crippen LogP contribution in [0.2, 0.25) is 0 Å². The number of hydrogen-bond acceptors (Lipinski definition) is 2. The SMILES string of the molecule is CCCCCNC(=NCC(CC)(CC)CCO)NCC.I. The van der Waals surface area contributed by atoms with E-state index in [0.717, 1.165) is 44.9 Å². The van der Waals surface area contributed by atoms with Gasteiger partial charge in [0, 0.05) is 26.2 Å². The van der Waals surface area contributed by atoms with Gasteiger partial charge in [-0.05, 0) is 38.0 Å². The Kier molecular flexibility index (Phi) is 16.5. The smallest absolute Gasteiger partial charge is 0.191 e. The van der Waals surface area contributed by atoms with Crippen molar-refractivity contribution in [2.75, 3.05) is 26.2 Å². The molecular formula is C16H36IN3O. The van der Waals surface area contributed by atoms with Crippen LogP contribution in [-0.4, -0.2) is 37.3 Å². The van der Waals surface area contributed by atoms with Crippen LogP contribution >= 0.6 is 24.0 Å². The molecule has 0 heterocycles. The van der Waals surface area contributed by atoms with E-state index >= 15 is 0 Å². The van der Waals surface area contributed by atoms with Crippen molar-refractivity contribution >= 4 is 29.9 Å². The van der Waals surface area contributed by atoms with Crippen molar-refractivity contribution < 1.29 is 5.11 Å². The highest BCUT2D eigenvalue weighted by molar-refractivity contribution is 14.0. The van der Waals surface area contributed by atoms with E-state index < -0.39 is 0 Å². The summed E-state index contributed by atoms with van der Waals surface area (Å²) in [4.78, 5) is 4.73. The summed E-state index contributed by atoms with van der Waals surface area (Å²) in [5.74, 6) is 0.910. The summed E-state index contributed by atoms with van der Waals surface area (Å²) in [6.45, 7) is 11.6.